The second-order valence-corrected chi connectivity index (χ2v) is 3.85. The largest absolute Gasteiger partial charge is 0.265 e. The van der Waals surface area contributed by atoms with Gasteiger partial charge in [-0.15, -0.1) is 4.68 Å². The number of nitrogens with zero attached hydrogens (tertiary/aromatic N) is 3. The van der Waals surface area contributed by atoms with Crippen molar-refractivity contribution in [3.63, 3.8) is 0 Å². The Balaban J connectivity index is 2.14. The van der Waals surface area contributed by atoms with Gasteiger partial charge in [0.15, 0.2) is 0 Å². The van der Waals surface area contributed by atoms with Gasteiger partial charge in [0.05, 0.1) is 6.54 Å². The lowest BCUT2D eigenvalue weighted by atomic mass is 10.1. The average Bonchev–Trinajstić information content (AvgIpc) is 2.66. The molecule has 4 heteroatoms. The summed E-state index contributed by atoms with van der Waals surface area (Å²) < 4.78 is 15.7. The molecule has 15 heavy (non-hydrogen) atoms. The van der Waals surface area contributed by atoms with Gasteiger partial charge in [0.2, 0.25) is 6.33 Å². The van der Waals surface area contributed by atoms with Gasteiger partial charge < -0.3 is 0 Å². The molecule has 3 nitrogen and oxygen atoms in total. The van der Waals surface area contributed by atoms with Gasteiger partial charge >= 0.3 is 0 Å². The molecule has 0 bridgehead atoms. The van der Waals surface area contributed by atoms with Crippen LogP contribution in [0.3, 0.4) is 0 Å². The maximum Gasteiger partial charge on any atom is 0.265 e. The number of hydrogen-bond acceptors (Lipinski definition) is 1. The van der Waals surface area contributed by atoms with Crippen molar-refractivity contribution in [3.8, 4) is 0 Å². The molecule has 0 aliphatic rings. The molecule has 0 N–H and O–H groups in total. The Morgan fingerprint density at radius 3 is 2.80 bits per heavy atom. The molecule has 1 aromatic heterocycles. The van der Waals surface area contributed by atoms with E-state index in [4.69, 9.17) is 0 Å². The lowest BCUT2D eigenvalue weighted by Gasteiger charge is -1.96. The van der Waals surface area contributed by atoms with Gasteiger partial charge in [-0.05, 0) is 6.42 Å². The van der Waals surface area contributed by atoms with Crippen LogP contribution in [-0.2, 0) is 13.1 Å². The van der Waals surface area contributed by atoms with Gasteiger partial charge in [-0.2, -0.15) is 0 Å². The van der Waals surface area contributed by atoms with Crippen LogP contribution in [0, 0.1) is 0 Å². The summed E-state index contributed by atoms with van der Waals surface area (Å²) in [6.45, 7) is 3.25. The maximum absolute atomic E-state index is 12.0. The van der Waals surface area contributed by atoms with Crippen molar-refractivity contribution in [1.82, 2.24) is 9.78 Å². The Morgan fingerprint density at radius 1 is 1.27 bits per heavy atom. The topological polar surface area (TPSA) is 21.7 Å². The number of alkyl halides is 1. The van der Waals surface area contributed by atoms with Crippen molar-refractivity contribution in [2.45, 2.75) is 52.1 Å². The predicted octanol–water partition coefficient (Wildman–Crippen LogP) is 2.11. The monoisotopic (exact) mass is 214 g/mol. The fraction of sp³-hybridized carbons (Fsp3) is 0.818. The number of aryl methyl sites for hydroxylation is 2. The third-order valence-corrected chi connectivity index (χ3v) is 2.46. The van der Waals surface area contributed by atoms with Crippen molar-refractivity contribution < 1.29 is 8.96 Å². The molecule has 0 aliphatic carbocycles. The van der Waals surface area contributed by atoms with E-state index >= 15 is 0 Å². The number of hydrogen-bond donors (Lipinski definition) is 0. The van der Waals surface area contributed by atoms with Crippen molar-refractivity contribution in [2.75, 3.05) is 6.67 Å². The van der Waals surface area contributed by atoms with E-state index in [0.29, 0.717) is 6.54 Å². The van der Waals surface area contributed by atoms with Gasteiger partial charge in [-0.3, -0.25) is 0 Å². The van der Waals surface area contributed by atoms with Crippen molar-refractivity contribution in [3.05, 3.63) is 12.7 Å². The summed E-state index contributed by atoms with van der Waals surface area (Å²) >= 11 is 0. The van der Waals surface area contributed by atoms with E-state index in [1.165, 1.54) is 25.7 Å². The highest BCUT2D eigenvalue weighted by Crippen LogP contribution is 2.02. The maximum atomic E-state index is 12.0. The lowest BCUT2D eigenvalue weighted by Crippen LogP contribution is -2.32. The Labute approximate surface area is 90.9 Å². The number of halogens is 1. The Bertz CT molecular complexity index is 260. The van der Waals surface area contributed by atoms with Crippen LogP contribution in [0.2, 0.25) is 0 Å². The number of unbranched alkanes of at least 4 members (excludes halogenated alkanes) is 4. The molecule has 0 spiro atoms. The summed E-state index contributed by atoms with van der Waals surface area (Å²) in [5, 5.41) is 4.17. The highest BCUT2D eigenvalue weighted by molar-refractivity contribution is 4.48. The zero-order valence-corrected chi connectivity index (χ0v) is 9.53. The van der Waals surface area contributed by atoms with Crippen molar-refractivity contribution in [2.24, 2.45) is 0 Å². The summed E-state index contributed by atoms with van der Waals surface area (Å²) in [6, 6.07) is 0. The molecule has 0 saturated carbocycles. The van der Waals surface area contributed by atoms with Crippen LogP contribution in [0.25, 0.3) is 0 Å². The molecule has 1 aromatic rings. The summed E-state index contributed by atoms with van der Waals surface area (Å²) in [4.78, 5) is 0. The van der Waals surface area contributed by atoms with E-state index < -0.39 is 0 Å². The third kappa shape index (κ3) is 4.91. The van der Waals surface area contributed by atoms with Crippen LogP contribution in [0.4, 0.5) is 4.39 Å². The van der Waals surface area contributed by atoms with Crippen LogP contribution in [0.15, 0.2) is 12.7 Å². The minimum Gasteiger partial charge on any atom is -0.248 e. The van der Waals surface area contributed by atoms with Gasteiger partial charge in [0.25, 0.3) is 6.33 Å². The van der Waals surface area contributed by atoms with Crippen LogP contribution >= 0.6 is 0 Å². The zero-order valence-electron chi connectivity index (χ0n) is 9.53. The van der Waals surface area contributed by atoms with Crippen molar-refractivity contribution >= 4 is 0 Å². The Hall–Kier alpha value is -0.930. The standard InChI is InChI=1S/C11H21FN3/c1-2-3-4-5-6-8-15-11-14(9-7-12)10-13-15/h10-11H,2-9H2,1H3/q+1. The summed E-state index contributed by atoms with van der Waals surface area (Å²) in [5.41, 5.74) is 0. The molecular weight excluding hydrogens is 193 g/mol. The molecule has 0 amide bonds. The van der Waals surface area contributed by atoms with E-state index in [-0.39, 0.29) is 6.67 Å². The van der Waals surface area contributed by atoms with E-state index in [1.54, 1.807) is 10.9 Å². The highest BCUT2D eigenvalue weighted by atomic mass is 19.1. The van der Waals surface area contributed by atoms with Gasteiger partial charge in [0, 0.05) is 5.10 Å². The third-order valence-electron chi connectivity index (χ3n) is 2.46. The van der Waals surface area contributed by atoms with Gasteiger partial charge in [-0.1, -0.05) is 32.6 Å². The SMILES string of the molecule is CCCCCCCn1c[n+](CCF)cn1. The first-order valence-corrected chi connectivity index (χ1v) is 5.84. The lowest BCUT2D eigenvalue weighted by molar-refractivity contribution is -0.697. The molecule has 1 rings (SSSR count). The summed E-state index contributed by atoms with van der Waals surface area (Å²) in [6.07, 6.45) is 9.89. The molecule has 86 valence electrons. The molecule has 0 aliphatic heterocycles. The Morgan fingerprint density at radius 2 is 2.07 bits per heavy atom. The van der Waals surface area contributed by atoms with Crippen LogP contribution in [0.5, 0.6) is 0 Å². The minimum atomic E-state index is -0.327. The smallest absolute Gasteiger partial charge is 0.248 e. The minimum absolute atomic E-state index is 0.327. The first-order chi connectivity index (χ1) is 7.36. The fourth-order valence-electron chi connectivity index (χ4n) is 1.57. The van der Waals surface area contributed by atoms with Gasteiger partial charge in [0.1, 0.15) is 13.2 Å². The second-order valence-electron chi connectivity index (χ2n) is 3.85. The highest BCUT2D eigenvalue weighted by Gasteiger charge is 2.04. The van der Waals surface area contributed by atoms with Crippen molar-refractivity contribution in [1.29, 1.82) is 0 Å². The van der Waals surface area contributed by atoms with E-state index in [0.717, 1.165) is 13.0 Å². The molecule has 0 saturated heterocycles. The quantitative estimate of drug-likeness (QED) is 0.480. The first kappa shape index (κ1) is 12.1. The first-order valence-electron chi connectivity index (χ1n) is 5.84. The van der Waals surface area contributed by atoms with E-state index in [9.17, 15) is 4.39 Å². The van der Waals surface area contributed by atoms with Crippen LogP contribution in [0.1, 0.15) is 39.0 Å². The zero-order chi connectivity index (χ0) is 10.9. The normalized spacial score (nSPS) is 10.8. The molecule has 0 atom stereocenters. The fourth-order valence-corrected chi connectivity index (χ4v) is 1.57. The van der Waals surface area contributed by atoms with Crippen LogP contribution in [-0.4, -0.2) is 16.5 Å². The van der Waals surface area contributed by atoms with E-state index in [1.807, 2.05) is 11.0 Å². The van der Waals surface area contributed by atoms with Gasteiger partial charge in [-0.25, -0.2) is 8.96 Å². The molecule has 0 radical (unpaired) electrons. The molecule has 1 heterocycles. The Kier molecular flexibility index (Phi) is 5.97. The molecule has 0 aromatic carbocycles. The number of aromatic nitrogens is 3. The number of rotatable bonds is 8. The van der Waals surface area contributed by atoms with E-state index in [2.05, 4.69) is 12.0 Å². The molecule has 0 unspecified atom stereocenters. The van der Waals surface area contributed by atoms with Crippen LogP contribution < -0.4 is 4.57 Å². The average molecular weight is 214 g/mol. The predicted molar refractivity (Wildman–Crippen MR) is 57.2 cm³/mol. The molecule has 0 fully saturated rings. The second kappa shape index (κ2) is 7.37. The summed E-state index contributed by atoms with van der Waals surface area (Å²) in [7, 11) is 0. The molecular formula is C11H21FN3+. The summed E-state index contributed by atoms with van der Waals surface area (Å²) in [5.74, 6) is 0.